The molecule has 4 rings (SSSR count). The van der Waals surface area contributed by atoms with E-state index in [0.29, 0.717) is 26.2 Å². The van der Waals surface area contributed by atoms with Crippen LogP contribution in [0, 0.1) is 0 Å². The van der Waals surface area contributed by atoms with Crippen molar-refractivity contribution in [2.45, 2.75) is 45.6 Å². The first-order valence-electron chi connectivity index (χ1n) is 12.7. The molecule has 36 heavy (non-hydrogen) atoms. The Balaban J connectivity index is 1.25. The number of rotatable bonds is 14. The lowest BCUT2D eigenvalue weighted by molar-refractivity contribution is -0.137. The van der Waals surface area contributed by atoms with E-state index in [-0.39, 0.29) is 0 Å². The van der Waals surface area contributed by atoms with Gasteiger partial charge in [0.25, 0.3) is 0 Å². The van der Waals surface area contributed by atoms with Crippen molar-refractivity contribution in [3.63, 3.8) is 0 Å². The van der Waals surface area contributed by atoms with Crippen molar-refractivity contribution in [2.75, 3.05) is 19.8 Å². The van der Waals surface area contributed by atoms with Gasteiger partial charge in [-0.1, -0.05) is 50.6 Å². The van der Waals surface area contributed by atoms with E-state index in [1.165, 1.54) is 35.1 Å². The first-order chi connectivity index (χ1) is 17.7. The molecule has 0 saturated heterocycles. The highest BCUT2D eigenvalue weighted by molar-refractivity contribution is 5.81. The predicted molar refractivity (Wildman–Crippen MR) is 142 cm³/mol. The van der Waals surface area contributed by atoms with Crippen LogP contribution >= 0.6 is 0 Å². The van der Waals surface area contributed by atoms with E-state index in [9.17, 15) is 4.79 Å². The Morgan fingerprint density at radius 3 is 2.06 bits per heavy atom. The third kappa shape index (κ3) is 6.91. The van der Waals surface area contributed by atoms with Crippen molar-refractivity contribution >= 4 is 5.97 Å². The summed E-state index contributed by atoms with van der Waals surface area (Å²) in [6, 6.07) is 20.6. The van der Waals surface area contributed by atoms with E-state index in [1.807, 2.05) is 30.3 Å². The highest BCUT2D eigenvalue weighted by Crippen LogP contribution is 2.40. The maximum Gasteiger partial charge on any atom is 0.330 e. The molecule has 0 unspecified atom stereocenters. The first-order valence-corrected chi connectivity index (χ1v) is 12.7. The molecular weight excluding hydrogens is 452 g/mol. The average Bonchev–Trinajstić information content (AvgIpc) is 3.27. The summed E-state index contributed by atoms with van der Waals surface area (Å²) in [7, 11) is 0. The van der Waals surface area contributed by atoms with Crippen molar-refractivity contribution < 1.29 is 23.7 Å². The van der Waals surface area contributed by atoms with Crippen LogP contribution in [0.5, 0.6) is 17.2 Å². The predicted octanol–water partition coefficient (Wildman–Crippen LogP) is 6.90. The summed E-state index contributed by atoms with van der Waals surface area (Å²) >= 11 is 0. The van der Waals surface area contributed by atoms with Gasteiger partial charge in [0.2, 0.25) is 0 Å². The minimum atomic E-state index is -0.413. The molecule has 0 aliphatic heterocycles. The van der Waals surface area contributed by atoms with Gasteiger partial charge in [-0.25, -0.2) is 4.79 Å². The van der Waals surface area contributed by atoms with Gasteiger partial charge in [-0.2, -0.15) is 0 Å². The molecule has 1 aliphatic rings. The van der Waals surface area contributed by atoms with Gasteiger partial charge < -0.3 is 18.9 Å². The Morgan fingerprint density at radius 2 is 1.39 bits per heavy atom. The zero-order chi connectivity index (χ0) is 25.2. The molecule has 188 valence electrons. The van der Waals surface area contributed by atoms with Crippen LogP contribution < -0.4 is 14.2 Å². The van der Waals surface area contributed by atoms with E-state index in [0.717, 1.165) is 48.3 Å². The van der Waals surface area contributed by atoms with Gasteiger partial charge in [0, 0.05) is 12.5 Å². The van der Waals surface area contributed by atoms with Crippen LogP contribution in [-0.4, -0.2) is 25.8 Å². The quantitative estimate of drug-likeness (QED) is 0.110. The van der Waals surface area contributed by atoms with E-state index in [2.05, 4.69) is 43.8 Å². The molecule has 3 aromatic rings. The van der Waals surface area contributed by atoms with Crippen molar-refractivity contribution in [3.05, 3.63) is 90.0 Å². The van der Waals surface area contributed by atoms with Crippen LogP contribution in [0.1, 0.15) is 49.3 Å². The monoisotopic (exact) mass is 486 g/mol. The summed E-state index contributed by atoms with van der Waals surface area (Å²) < 4.78 is 22.7. The zero-order valence-electron chi connectivity index (χ0n) is 21.0. The second-order valence-electron chi connectivity index (χ2n) is 8.88. The van der Waals surface area contributed by atoms with Gasteiger partial charge in [0.05, 0.1) is 19.8 Å². The Labute approximate surface area is 213 Å². The molecule has 0 saturated carbocycles. The standard InChI is InChI=1S/C31H34O5/c1-3-5-6-16-34-27-12-14-29-24(20-27)19-25-21-28(13-15-30(25)29)36-22-23-8-10-26(11-9-23)33-17-7-18-35-31(32)4-2/h4,8-15,20-21H,2-3,5-7,16-19,22H2,1H3. The van der Waals surface area contributed by atoms with Crippen molar-refractivity contribution in [1.29, 1.82) is 0 Å². The van der Waals surface area contributed by atoms with Crippen LogP contribution in [0.25, 0.3) is 11.1 Å². The van der Waals surface area contributed by atoms with Crippen LogP contribution in [0.2, 0.25) is 0 Å². The van der Waals surface area contributed by atoms with Crippen LogP contribution in [0.4, 0.5) is 0 Å². The number of unbranched alkanes of at least 4 members (excludes halogenated alkanes) is 2. The minimum absolute atomic E-state index is 0.316. The fourth-order valence-electron chi connectivity index (χ4n) is 4.21. The highest BCUT2D eigenvalue weighted by atomic mass is 16.5. The van der Waals surface area contributed by atoms with Crippen molar-refractivity contribution in [1.82, 2.24) is 0 Å². The third-order valence-corrected chi connectivity index (χ3v) is 6.14. The van der Waals surface area contributed by atoms with E-state index >= 15 is 0 Å². The number of carbonyl (C=O) groups excluding carboxylic acids is 1. The summed E-state index contributed by atoms with van der Waals surface area (Å²) in [5.74, 6) is 2.19. The van der Waals surface area contributed by atoms with Gasteiger partial charge in [-0.3, -0.25) is 0 Å². The first kappa shape index (κ1) is 25.4. The molecule has 3 aromatic carbocycles. The second-order valence-corrected chi connectivity index (χ2v) is 8.88. The maximum absolute atomic E-state index is 11.0. The van der Waals surface area contributed by atoms with Gasteiger partial charge in [-0.15, -0.1) is 0 Å². The van der Waals surface area contributed by atoms with Gasteiger partial charge in [-0.05, 0) is 77.1 Å². The highest BCUT2D eigenvalue weighted by Gasteiger charge is 2.19. The lowest BCUT2D eigenvalue weighted by Crippen LogP contribution is -2.06. The largest absolute Gasteiger partial charge is 0.494 e. The van der Waals surface area contributed by atoms with Crippen LogP contribution in [0.3, 0.4) is 0 Å². The van der Waals surface area contributed by atoms with E-state index in [4.69, 9.17) is 18.9 Å². The molecule has 1 aliphatic carbocycles. The van der Waals surface area contributed by atoms with Crippen molar-refractivity contribution in [2.24, 2.45) is 0 Å². The summed E-state index contributed by atoms with van der Waals surface area (Å²) in [4.78, 5) is 11.0. The summed E-state index contributed by atoms with van der Waals surface area (Å²) in [6.07, 6.45) is 6.18. The molecule has 0 radical (unpaired) electrons. The summed E-state index contributed by atoms with van der Waals surface area (Å²) in [5.41, 5.74) is 6.22. The van der Waals surface area contributed by atoms with E-state index in [1.54, 1.807) is 0 Å². The van der Waals surface area contributed by atoms with Gasteiger partial charge >= 0.3 is 5.97 Å². The number of fused-ring (bicyclic) bond motifs is 3. The molecule has 0 aromatic heterocycles. The molecule has 5 nitrogen and oxygen atoms in total. The lowest BCUT2D eigenvalue weighted by atomic mass is 10.1. The molecule has 0 N–H and O–H groups in total. The zero-order valence-corrected chi connectivity index (χ0v) is 21.0. The number of ether oxygens (including phenoxy) is 4. The molecule has 5 heteroatoms. The molecule has 0 spiro atoms. The summed E-state index contributed by atoms with van der Waals surface area (Å²) in [6.45, 7) is 7.62. The van der Waals surface area contributed by atoms with Gasteiger partial charge in [0.15, 0.2) is 0 Å². The summed E-state index contributed by atoms with van der Waals surface area (Å²) in [5, 5.41) is 0. The third-order valence-electron chi connectivity index (χ3n) is 6.14. The Morgan fingerprint density at radius 1 is 0.778 bits per heavy atom. The molecule has 0 fully saturated rings. The van der Waals surface area contributed by atoms with Gasteiger partial charge in [0.1, 0.15) is 23.9 Å². The minimum Gasteiger partial charge on any atom is -0.494 e. The Hall–Kier alpha value is -3.73. The molecule has 0 amide bonds. The Bertz CT molecular complexity index is 1170. The fraction of sp³-hybridized carbons (Fsp3) is 0.323. The maximum atomic E-state index is 11.0. The average molecular weight is 487 g/mol. The second kappa shape index (κ2) is 12.8. The molecule has 0 atom stereocenters. The normalized spacial score (nSPS) is 11.4. The molecule has 0 heterocycles. The topological polar surface area (TPSA) is 54.0 Å². The number of carbonyl (C=O) groups is 1. The molecule has 0 bridgehead atoms. The van der Waals surface area contributed by atoms with Crippen LogP contribution in [0.15, 0.2) is 73.3 Å². The molecular formula is C31H34O5. The SMILES string of the molecule is C=CC(=O)OCCCOc1ccc(COc2ccc3c(c2)Cc2cc(OCCCCC)ccc2-3)cc1. The number of hydrogen-bond donors (Lipinski definition) is 0. The Kier molecular flexibility index (Phi) is 9.03. The number of esters is 1. The number of hydrogen-bond acceptors (Lipinski definition) is 5. The smallest absolute Gasteiger partial charge is 0.330 e. The van der Waals surface area contributed by atoms with Crippen molar-refractivity contribution in [3.8, 4) is 28.4 Å². The van der Waals surface area contributed by atoms with Crippen LogP contribution in [-0.2, 0) is 22.6 Å². The van der Waals surface area contributed by atoms with E-state index < -0.39 is 5.97 Å². The fourth-order valence-corrected chi connectivity index (χ4v) is 4.21. The number of benzene rings is 3. The lowest BCUT2D eigenvalue weighted by Gasteiger charge is -2.10.